The van der Waals surface area contributed by atoms with Gasteiger partial charge in [-0.3, -0.25) is 14.5 Å². The van der Waals surface area contributed by atoms with Crippen LogP contribution in [0.1, 0.15) is 39.1 Å². The summed E-state index contributed by atoms with van der Waals surface area (Å²) in [6, 6.07) is 9.97. The van der Waals surface area contributed by atoms with Crippen LogP contribution in [-0.4, -0.2) is 33.7 Å². The summed E-state index contributed by atoms with van der Waals surface area (Å²) in [6.45, 7) is 5.72. The molecule has 3 heterocycles. The number of aryl methyl sites for hydroxylation is 1. The number of hydrogen-bond donors (Lipinski definition) is 1. The maximum atomic E-state index is 13.2. The molecule has 9 heteroatoms. The number of rotatable bonds is 6. The Morgan fingerprint density at radius 2 is 1.88 bits per heavy atom. The SMILES string of the molecule is Cc1cc(C(=O)CN2C(=O)NC(C)(c3ccc(Cl)c(Cl)c3)C2=O)c(C)n1Cc1cccs1. The number of carbonyl (C=O) groups is 3. The highest BCUT2D eigenvalue weighted by molar-refractivity contribution is 7.09. The quantitative estimate of drug-likeness (QED) is 0.383. The Bertz CT molecular complexity index is 1240. The van der Waals surface area contributed by atoms with Gasteiger partial charge in [0.1, 0.15) is 5.54 Å². The number of hydrogen-bond acceptors (Lipinski definition) is 4. The average molecular weight is 490 g/mol. The van der Waals surface area contributed by atoms with Crippen LogP contribution in [0.15, 0.2) is 41.8 Å². The van der Waals surface area contributed by atoms with E-state index in [9.17, 15) is 14.4 Å². The van der Waals surface area contributed by atoms with Gasteiger partial charge in [0.25, 0.3) is 5.91 Å². The van der Waals surface area contributed by atoms with Crippen LogP contribution in [0.2, 0.25) is 10.0 Å². The predicted molar refractivity (Wildman–Crippen MR) is 126 cm³/mol. The van der Waals surface area contributed by atoms with Crippen molar-refractivity contribution in [3.63, 3.8) is 0 Å². The fourth-order valence-electron chi connectivity index (χ4n) is 3.96. The third-order valence-corrected chi connectivity index (χ3v) is 7.44. The molecular formula is C23H21Cl2N3O3S. The summed E-state index contributed by atoms with van der Waals surface area (Å²) in [5.41, 5.74) is 1.41. The van der Waals surface area contributed by atoms with Crippen molar-refractivity contribution >= 4 is 52.3 Å². The van der Waals surface area contributed by atoms with Gasteiger partial charge in [-0.2, -0.15) is 0 Å². The number of aromatic nitrogens is 1. The van der Waals surface area contributed by atoms with Gasteiger partial charge in [-0.05, 0) is 56.0 Å². The van der Waals surface area contributed by atoms with E-state index in [4.69, 9.17) is 23.2 Å². The Labute approximate surface area is 199 Å². The molecule has 1 atom stereocenters. The monoisotopic (exact) mass is 489 g/mol. The molecule has 6 nitrogen and oxygen atoms in total. The molecule has 166 valence electrons. The largest absolute Gasteiger partial charge is 0.343 e. The topological polar surface area (TPSA) is 71.4 Å². The van der Waals surface area contributed by atoms with Gasteiger partial charge in [-0.15, -0.1) is 11.3 Å². The summed E-state index contributed by atoms with van der Waals surface area (Å²) in [6.07, 6.45) is 0. The standard InChI is InChI=1S/C23H21Cl2N3O3S/c1-13-9-17(14(2)27(13)11-16-5-4-8-32-16)20(29)12-28-21(30)23(3,26-22(28)31)15-6-7-18(24)19(25)10-15/h4-10H,11-12H2,1-3H3,(H,26,31). The molecule has 1 aromatic carbocycles. The number of imide groups is 1. The highest BCUT2D eigenvalue weighted by Gasteiger charge is 2.49. The Hall–Kier alpha value is -2.61. The second-order valence-electron chi connectivity index (χ2n) is 7.95. The van der Waals surface area contributed by atoms with Crippen molar-refractivity contribution in [2.24, 2.45) is 0 Å². The number of benzene rings is 1. The molecule has 1 aliphatic rings. The van der Waals surface area contributed by atoms with E-state index in [1.807, 2.05) is 37.4 Å². The minimum Gasteiger partial charge on any atom is -0.343 e. The third-order valence-electron chi connectivity index (χ3n) is 5.84. The van der Waals surface area contributed by atoms with Crippen LogP contribution < -0.4 is 5.32 Å². The van der Waals surface area contributed by atoms with Crippen LogP contribution in [0.3, 0.4) is 0 Å². The summed E-state index contributed by atoms with van der Waals surface area (Å²) in [7, 11) is 0. The molecule has 1 aliphatic heterocycles. The number of halogens is 2. The number of nitrogens with one attached hydrogen (secondary N) is 1. The molecule has 4 rings (SSSR count). The minimum absolute atomic E-state index is 0.278. The molecule has 1 saturated heterocycles. The first-order valence-electron chi connectivity index (χ1n) is 9.93. The lowest BCUT2D eigenvalue weighted by Crippen LogP contribution is -2.41. The van der Waals surface area contributed by atoms with Gasteiger partial charge in [-0.1, -0.05) is 35.3 Å². The van der Waals surface area contributed by atoms with Crippen LogP contribution >= 0.6 is 34.5 Å². The van der Waals surface area contributed by atoms with E-state index >= 15 is 0 Å². The van der Waals surface area contributed by atoms with Gasteiger partial charge in [-0.25, -0.2) is 4.79 Å². The van der Waals surface area contributed by atoms with E-state index in [0.717, 1.165) is 16.3 Å². The van der Waals surface area contributed by atoms with E-state index in [0.29, 0.717) is 22.7 Å². The fourth-order valence-corrected chi connectivity index (χ4v) is 4.95. The molecule has 0 radical (unpaired) electrons. The highest BCUT2D eigenvalue weighted by atomic mass is 35.5. The molecular weight excluding hydrogens is 469 g/mol. The number of ketones is 1. The maximum absolute atomic E-state index is 13.2. The minimum atomic E-state index is -1.33. The number of thiophene rings is 1. The second-order valence-corrected chi connectivity index (χ2v) is 9.80. The molecule has 0 aliphatic carbocycles. The summed E-state index contributed by atoms with van der Waals surface area (Å²) < 4.78 is 2.06. The number of carbonyl (C=O) groups excluding carboxylic acids is 3. The second kappa shape index (κ2) is 8.39. The van der Waals surface area contributed by atoms with E-state index in [1.54, 1.807) is 36.5 Å². The van der Waals surface area contributed by atoms with Crippen LogP contribution in [0.25, 0.3) is 0 Å². The van der Waals surface area contributed by atoms with Crippen molar-refractivity contribution in [3.8, 4) is 0 Å². The predicted octanol–water partition coefficient (Wildman–Crippen LogP) is 5.17. The van der Waals surface area contributed by atoms with Gasteiger partial charge in [0.2, 0.25) is 0 Å². The van der Waals surface area contributed by atoms with Gasteiger partial charge < -0.3 is 9.88 Å². The highest BCUT2D eigenvalue weighted by Crippen LogP contribution is 2.33. The molecule has 3 amide bonds. The van der Waals surface area contributed by atoms with Crippen molar-refractivity contribution in [1.29, 1.82) is 0 Å². The van der Waals surface area contributed by atoms with Crippen LogP contribution in [-0.2, 0) is 16.9 Å². The summed E-state index contributed by atoms with van der Waals surface area (Å²) in [5, 5.41) is 5.33. The maximum Gasteiger partial charge on any atom is 0.325 e. The summed E-state index contributed by atoms with van der Waals surface area (Å²) in [5.74, 6) is -0.806. The zero-order chi connectivity index (χ0) is 23.2. The molecule has 32 heavy (non-hydrogen) atoms. The van der Waals surface area contributed by atoms with Crippen LogP contribution in [0.4, 0.5) is 4.79 Å². The van der Waals surface area contributed by atoms with Gasteiger partial charge >= 0.3 is 6.03 Å². The fraction of sp³-hybridized carbons (Fsp3) is 0.261. The average Bonchev–Trinajstić information content (AvgIpc) is 3.41. The van der Waals surface area contributed by atoms with Crippen molar-refractivity contribution < 1.29 is 14.4 Å². The summed E-state index contributed by atoms with van der Waals surface area (Å²) in [4.78, 5) is 41.1. The van der Waals surface area contributed by atoms with Gasteiger partial charge in [0, 0.05) is 21.8 Å². The lowest BCUT2D eigenvalue weighted by atomic mass is 9.92. The van der Waals surface area contributed by atoms with Crippen LogP contribution in [0.5, 0.6) is 0 Å². The van der Waals surface area contributed by atoms with Crippen molar-refractivity contribution in [2.45, 2.75) is 32.9 Å². The number of nitrogens with zero attached hydrogens (tertiary/aromatic N) is 2. The van der Waals surface area contributed by atoms with Crippen molar-refractivity contribution in [2.75, 3.05) is 6.54 Å². The molecule has 1 fully saturated rings. The Kier molecular flexibility index (Phi) is 5.92. The third kappa shape index (κ3) is 3.85. The first-order chi connectivity index (χ1) is 15.1. The number of Topliss-reactive ketones (excluding diaryl/α,β-unsaturated/α-hetero) is 1. The van der Waals surface area contributed by atoms with Gasteiger partial charge in [0.05, 0.1) is 23.1 Å². The Morgan fingerprint density at radius 3 is 2.53 bits per heavy atom. The van der Waals surface area contributed by atoms with Crippen molar-refractivity contribution in [1.82, 2.24) is 14.8 Å². The number of urea groups is 1. The first-order valence-corrected chi connectivity index (χ1v) is 11.6. The normalized spacial score (nSPS) is 18.3. The zero-order valence-corrected chi connectivity index (χ0v) is 20.1. The van der Waals surface area contributed by atoms with E-state index in [1.165, 1.54) is 4.88 Å². The van der Waals surface area contributed by atoms with E-state index in [-0.39, 0.29) is 17.4 Å². The smallest absolute Gasteiger partial charge is 0.325 e. The molecule has 3 aromatic rings. The number of amides is 3. The van der Waals surface area contributed by atoms with Gasteiger partial charge in [0.15, 0.2) is 5.78 Å². The van der Waals surface area contributed by atoms with E-state index < -0.39 is 17.5 Å². The molecule has 1 unspecified atom stereocenters. The lowest BCUT2D eigenvalue weighted by Gasteiger charge is -2.22. The Morgan fingerprint density at radius 1 is 1.12 bits per heavy atom. The molecule has 0 spiro atoms. The van der Waals surface area contributed by atoms with Crippen molar-refractivity contribution in [3.05, 3.63) is 79.2 Å². The van der Waals surface area contributed by atoms with E-state index in [2.05, 4.69) is 9.88 Å². The zero-order valence-electron chi connectivity index (χ0n) is 17.7. The summed E-state index contributed by atoms with van der Waals surface area (Å²) >= 11 is 13.7. The molecule has 0 bridgehead atoms. The van der Waals surface area contributed by atoms with Crippen LogP contribution in [0, 0.1) is 13.8 Å². The Balaban J connectivity index is 1.57. The first kappa shape index (κ1) is 22.6. The molecule has 1 N–H and O–H groups in total. The lowest BCUT2D eigenvalue weighted by molar-refractivity contribution is -0.130. The molecule has 2 aromatic heterocycles. The molecule has 0 saturated carbocycles.